The van der Waals surface area contributed by atoms with Crippen LogP contribution in [-0.4, -0.2) is 45.5 Å². The predicted octanol–water partition coefficient (Wildman–Crippen LogP) is 3.27. The number of carbonyl (C=O) groups excluding carboxylic acids is 1. The first-order valence-electron chi connectivity index (χ1n) is 10.3. The second-order valence-corrected chi connectivity index (χ2v) is 9.55. The maximum Gasteiger partial charge on any atom is 0.240 e. The molecule has 1 aliphatic rings. The molecule has 0 saturated carbocycles. The molecule has 30 heavy (non-hydrogen) atoms. The fourth-order valence-electron chi connectivity index (χ4n) is 3.65. The molecular formula is C23H30N2O4S. The molecule has 2 aromatic carbocycles. The van der Waals surface area contributed by atoms with Crippen molar-refractivity contribution in [2.45, 2.75) is 44.6 Å². The third-order valence-electron chi connectivity index (χ3n) is 5.53. The Morgan fingerprint density at radius 3 is 2.53 bits per heavy atom. The van der Waals surface area contributed by atoms with Gasteiger partial charge < -0.3 is 9.64 Å². The van der Waals surface area contributed by atoms with E-state index in [4.69, 9.17) is 4.74 Å². The van der Waals surface area contributed by atoms with Crippen LogP contribution in [0.1, 0.15) is 41.2 Å². The summed E-state index contributed by atoms with van der Waals surface area (Å²) in [5.41, 5.74) is 3.79. The number of hydrogen-bond acceptors (Lipinski definition) is 4. The number of nitrogens with one attached hydrogen (secondary N) is 1. The third-order valence-corrected chi connectivity index (χ3v) is 7.13. The van der Waals surface area contributed by atoms with Crippen molar-refractivity contribution in [2.24, 2.45) is 0 Å². The van der Waals surface area contributed by atoms with Crippen LogP contribution in [0.15, 0.2) is 47.4 Å². The van der Waals surface area contributed by atoms with Gasteiger partial charge in [-0.15, -0.1) is 0 Å². The van der Waals surface area contributed by atoms with Gasteiger partial charge in [0.25, 0.3) is 0 Å². The van der Waals surface area contributed by atoms with Gasteiger partial charge >= 0.3 is 0 Å². The van der Waals surface area contributed by atoms with Crippen molar-refractivity contribution >= 4 is 15.9 Å². The highest BCUT2D eigenvalue weighted by molar-refractivity contribution is 7.89. The quantitative estimate of drug-likeness (QED) is 0.684. The summed E-state index contributed by atoms with van der Waals surface area (Å²) in [6.07, 6.45) is 0.640. The summed E-state index contributed by atoms with van der Waals surface area (Å²) in [4.78, 5) is 14.7. The molecule has 1 saturated heterocycles. The molecule has 6 nitrogen and oxygen atoms in total. The van der Waals surface area contributed by atoms with E-state index in [1.54, 1.807) is 13.0 Å². The molecule has 0 radical (unpaired) electrons. The molecule has 0 bridgehead atoms. The van der Waals surface area contributed by atoms with Crippen molar-refractivity contribution in [3.05, 3.63) is 64.7 Å². The van der Waals surface area contributed by atoms with Gasteiger partial charge in [-0.05, 0) is 55.5 Å². The Morgan fingerprint density at radius 2 is 1.80 bits per heavy atom. The van der Waals surface area contributed by atoms with Gasteiger partial charge in [0.15, 0.2) is 0 Å². The van der Waals surface area contributed by atoms with Gasteiger partial charge in [-0.25, -0.2) is 13.1 Å². The number of benzene rings is 2. The molecule has 1 N–H and O–H groups in total. The number of amides is 1. The minimum absolute atomic E-state index is 0.0285. The number of rotatable bonds is 7. The number of hydrogen-bond donors (Lipinski definition) is 1. The van der Waals surface area contributed by atoms with Crippen molar-refractivity contribution < 1.29 is 17.9 Å². The first kappa shape index (κ1) is 22.5. The van der Waals surface area contributed by atoms with Crippen molar-refractivity contribution in [1.29, 1.82) is 0 Å². The van der Waals surface area contributed by atoms with E-state index in [1.165, 1.54) is 0 Å². The molecule has 1 amide bonds. The number of morpholine rings is 1. The largest absolute Gasteiger partial charge is 0.370 e. The Kier molecular flexibility index (Phi) is 7.28. The number of nitrogens with zero attached hydrogens (tertiary/aromatic N) is 1. The summed E-state index contributed by atoms with van der Waals surface area (Å²) in [6.45, 7) is 7.48. The van der Waals surface area contributed by atoms with Crippen molar-refractivity contribution in [2.75, 3.05) is 26.2 Å². The molecule has 162 valence electrons. The minimum atomic E-state index is -3.59. The molecule has 3 rings (SSSR count). The molecule has 0 aromatic heterocycles. The Bertz CT molecular complexity index is 990. The lowest BCUT2D eigenvalue weighted by molar-refractivity contribution is -0.139. The molecule has 0 aliphatic carbocycles. The second kappa shape index (κ2) is 9.73. The lowest BCUT2D eigenvalue weighted by Crippen LogP contribution is -2.42. The van der Waals surface area contributed by atoms with Gasteiger partial charge in [0.1, 0.15) is 6.10 Å². The van der Waals surface area contributed by atoms with Crippen molar-refractivity contribution in [3.63, 3.8) is 0 Å². The highest BCUT2D eigenvalue weighted by Crippen LogP contribution is 2.23. The van der Waals surface area contributed by atoms with Crippen LogP contribution in [0.25, 0.3) is 0 Å². The highest BCUT2D eigenvalue weighted by Gasteiger charge is 2.25. The monoisotopic (exact) mass is 430 g/mol. The third kappa shape index (κ3) is 5.47. The molecule has 1 unspecified atom stereocenters. The Morgan fingerprint density at radius 1 is 1.10 bits per heavy atom. The summed E-state index contributed by atoms with van der Waals surface area (Å²) < 4.78 is 33.7. The number of carbonyl (C=O) groups is 1. The fourth-order valence-corrected chi connectivity index (χ4v) is 5.03. The van der Waals surface area contributed by atoms with E-state index in [0.29, 0.717) is 37.4 Å². The maximum absolute atomic E-state index is 12.6. The van der Waals surface area contributed by atoms with E-state index < -0.39 is 10.0 Å². The number of sulfonamides is 1. The SMILES string of the molecule is Cc1cc(C)c(S(=O)(=O)NCCCC(=O)N2CCOC(c3ccccc3)C2)cc1C. The molecule has 1 fully saturated rings. The van der Waals surface area contributed by atoms with E-state index in [-0.39, 0.29) is 18.6 Å². The van der Waals surface area contributed by atoms with Crippen molar-refractivity contribution in [1.82, 2.24) is 9.62 Å². The van der Waals surface area contributed by atoms with Crippen molar-refractivity contribution in [3.8, 4) is 0 Å². The molecule has 2 aromatic rings. The van der Waals surface area contributed by atoms with Crippen LogP contribution < -0.4 is 4.72 Å². The van der Waals surface area contributed by atoms with Gasteiger partial charge in [-0.3, -0.25) is 4.79 Å². The zero-order chi connectivity index (χ0) is 21.7. The van der Waals surface area contributed by atoms with Crippen LogP contribution in [0, 0.1) is 20.8 Å². The Labute approximate surface area is 179 Å². The predicted molar refractivity (Wildman–Crippen MR) is 117 cm³/mol. The smallest absolute Gasteiger partial charge is 0.240 e. The maximum atomic E-state index is 12.6. The Balaban J connectivity index is 1.50. The Hall–Kier alpha value is -2.22. The van der Waals surface area contributed by atoms with Gasteiger partial charge in [0.2, 0.25) is 15.9 Å². The molecule has 0 spiro atoms. The van der Waals surface area contributed by atoms with E-state index in [9.17, 15) is 13.2 Å². The van der Waals surface area contributed by atoms with Gasteiger partial charge in [-0.2, -0.15) is 0 Å². The zero-order valence-corrected chi connectivity index (χ0v) is 18.7. The molecule has 7 heteroatoms. The van der Waals surface area contributed by atoms with Crippen LogP contribution in [-0.2, 0) is 19.6 Å². The van der Waals surface area contributed by atoms with Crippen LogP contribution in [0.2, 0.25) is 0 Å². The molecule has 1 heterocycles. The molecule has 1 atom stereocenters. The molecule has 1 aliphatic heterocycles. The van der Waals surface area contributed by atoms with Gasteiger partial charge in [0, 0.05) is 19.5 Å². The zero-order valence-electron chi connectivity index (χ0n) is 17.8. The van der Waals surface area contributed by atoms with Crippen LogP contribution in [0.5, 0.6) is 0 Å². The summed E-state index contributed by atoms with van der Waals surface area (Å²) in [5.74, 6) is 0.0285. The van der Waals surface area contributed by atoms with Crippen LogP contribution in [0.4, 0.5) is 0 Å². The fraction of sp³-hybridized carbons (Fsp3) is 0.435. The lowest BCUT2D eigenvalue weighted by atomic mass is 10.1. The van der Waals surface area contributed by atoms with E-state index in [0.717, 1.165) is 22.3 Å². The van der Waals surface area contributed by atoms with Gasteiger partial charge in [0.05, 0.1) is 18.0 Å². The first-order chi connectivity index (χ1) is 14.3. The van der Waals surface area contributed by atoms with Crippen LogP contribution in [0.3, 0.4) is 0 Å². The normalized spacial score (nSPS) is 17.2. The van der Waals surface area contributed by atoms with Crippen LogP contribution >= 0.6 is 0 Å². The first-order valence-corrected chi connectivity index (χ1v) is 11.8. The second-order valence-electron chi connectivity index (χ2n) is 7.81. The standard InChI is InChI=1S/C23H30N2O4S/c1-17-14-19(3)22(15-18(17)2)30(27,28)24-11-7-10-23(26)25-12-13-29-21(16-25)20-8-5-4-6-9-20/h4-6,8-9,14-15,21,24H,7,10-13,16H2,1-3H3. The summed E-state index contributed by atoms with van der Waals surface area (Å²) >= 11 is 0. The average Bonchev–Trinajstić information content (AvgIpc) is 2.74. The average molecular weight is 431 g/mol. The summed E-state index contributed by atoms with van der Waals surface area (Å²) in [6, 6.07) is 13.5. The number of ether oxygens (including phenoxy) is 1. The minimum Gasteiger partial charge on any atom is -0.370 e. The summed E-state index contributed by atoms with van der Waals surface area (Å²) in [7, 11) is -3.59. The van der Waals surface area contributed by atoms with Gasteiger partial charge in [-0.1, -0.05) is 36.4 Å². The molecular weight excluding hydrogens is 400 g/mol. The van der Waals surface area contributed by atoms with E-state index in [1.807, 2.05) is 55.1 Å². The lowest BCUT2D eigenvalue weighted by Gasteiger charge is -2.33. The topological polar surface area (TPSA) is 75.7 Å². The summed E-state index contributed by atoms with van der Waals surface area (Å²) in [5, 5.41) is 0. The number of aryl methyl sites for hydroxylation is 3. The highest BCUT2D eigenvalue weighted by atomic mass is 32.2. The van der Waals surface area contributed by atoms with E-state index >= 15 is 0 Å². The van der Waals surface area contributed by atoms with E-state index in [2.05, 4.69) is 4.72 Å².